The van der Waals surface area contributed by atoms with Crippen LogP contribution in [0.25, 0.3) is 66.1 Å². The molecule has 11 aromatic carbocycles. The Morgan fingerprint density at radius 1 is 0.266 bits per heavy atom. The standard InChI is InChI=1S/C63H43N/c1-5-19-44(20-6-1)45-33-35-47(36-34-45)54-39-37-51(42-59(54)46-21-7-2-8-22-46)64(62-41-48-23-13-14-28-53(48)55-29-15-16-31-58(55)62)52-38-40-57-56-30-17-18-32-60(56)63(61(57)43-52,49-24-9-3-10-25-49)50-26-11-4-12-27-50/h1-43H. The fraction of sp³-hybridized carbons (Fsp3) is 0.0159. The van der Waals surface area contributed by atoms with Gasteiger partial charge in [0.05, 0.1) is 11.1 Å². The van der Waals surface area contributed by atoms with E-state index in [1.54, 1.807) is 0 Å². The Balaban J connectivity index is 1.13. The van der Waals surface area contributed by atoms with E-state index in [4.69, 9.17) is 0 Å². The average molecular weight is 814 g/mol. The molecule has 0 saturated carbocycles. The van der Waals surface area contributed by atoms with Crippen molar-refractivity contribution in [3.05, 3.63) is 283 Å². The van der Waals surface area contributed by atoms with Crippen molar-refractivity contribution in [2.75, 3.05) is 4.90 Å². The Hall–Kier alpha value is -8.26. The van der Waals surface area contributed by atoms with Gasteiger partial charge in [-0.2, -0.15) is 0 Å². The lowest BCUT2D eigenvalue weighted by Gasteiger charge is -2.35. The lowest BCUT2D eigenvalue weighted by Crippen LogP contribution is -2.28. The molecule has 1 aliphatic carbocycles. The van der Waals surface area contributed by atoms with Gasteiger partial charge in [0.25, 0.3) is 0 Å². The Labute approximate surface area is 374 Å². The third-order valence-corrected chi connectivity index (χ3v) is 13.3. The first kappa shape index (κ1) is 37.5. The predicted molar refractivity (Wildman–Crippen MR) is 270 cm³/mol. The van der Waals surface area contributed by atoms with Gasteiger partial charge in [-0.05, 0) is 113 Å². The van der Waals surface area contributed by atoms with Crippen LogP contribution in [0.15, 0.2) is 261 Å². The van der Waals surface area contributed by atoms with Crippen LogP contribution in [0.2, 0.25) is 0 Å². The van der Waals surface area contributed by atoms with Gasteiger partial charge >= 0.3 is 0 Å². The van der Waals surface area contributed by atoms with Crippen molar-refractivity contribution in [1.82, 2.24) is 0 Å². The van der Waals surface area contributed by atoms with Gasteiger partial charge in [-0.15, -0.1) is 0 Å². The van der Waals surface area contributed by atoms with Crippen molar-refractivity contribution in [2.45, 2.75) is 5.41 Å². The molecule has 0 aromatic heterocycles. The number of hydrogen-bond donors (Lipinski definition) is 0. The van der Waals surface area contributed by atoms with Crippen LogP contribution >= 0.6 is 0 Å². The molecule has 0 aliphatic heterocycles. The maximum atomic E-state index is 2.51. The summed E-state index contributed by atoms with van der Waals surface area (Å²) in [6.07, 6.45) is 0. The van der Waals surface area contributed by atoms with E-state index in [-0.39, 0.29) is 0 Å². The highest BCUT2D eigenvalue weighted by molar-refractivity contribution is 6.15. The van der Waals surface area contributed by atoms with Gasteiger partial charge in [0.15, 0.2) is 0 Å². The summed E-state index contributed by atoms with van der Waals surface area (Å²) in [6.45, 7) is 0. The number of anilines is 3. The van der Waals surface area contributed by atoms with Crippen LogP contribution in [0.4, 0.5) is 17.1 Å². The Kier molecular flexibility index (Phi) is 9.13. The number of nitrogens with zero attached hydrogens (tertiary/aromatic N) is 1. The summed E-state index contributed by atoms with van der Waals surface area (Å²) in [5.74, 6) is 0. The summed E-state index contributed by atoms with van der Waals surface area (Å²) < 4.78 is 0. The van der Waals surface area contributed by atoms with Crippen molar-refractivity contribution in [1.29, 1.82) is 0 Å². The Morgan fingerprint density at radius 2 is 0.734 bits per heavy atom. The minimum Gasteiger partial charge on any atom is -0.310 e. The molecule has 1 heteroatoms. The maximum Gasteiger partial charge on any atom is 0.0714 e. The van der Waals surface area contributed by atoms with Gasteiger partial charge in [0, 0.05) is 16.8 Å². The average Bonchev–Trinajstić information content (AvgIpc) is 3.68. The number of rotatable bonds is 8. The van der Waals surface area contributed by atoms with E-state index in [1.807, 2.05) is 0 Å². The van der Waals surface area contributed by atoms with Gasteiger partial charge in [0.1, 0.15) is 0 Å². The minimum atomic E-state index is -0.535. The number of benzene rings is 11. The van der Waals surface area contributed by atoms with Gasteiger partial charge < -0.3 is 4.90 Å². The van der Waals surface area contributed by atoms with Gasteiger partial charge in [-0.3, -0.25) is 0 Å². The summed E-state index contributed by atoms with van der Waals surface area (Å²) in [5.41, 5.74) is 17.5. The summed E-state index contributed by atoms with van der Waals surface area (Å²) in [6, 6.07) is 96.0. The smallest absolute Gasteiger partial charge is 0.0714 e. The van der Waals surface area contributed by atoms with Crippen molar-refractivity contribution in [3.8, 4) is 44.5 Å². The van der Waals surface area contributed by atoms with Gasteiger partial charge in [-0.1, -0.05) is 231 Å². The lowest BCUT2D eigenvalue weighted by atomic mass is 9.67. The highest BCUT2D eigenvalue weighted by Crippen LogP contribution is 2.57. The quantitative estimate of drug-likeness (QED) is 0.138. The fourth-order valence-corrected chi connectivity index (χ4v) is 10.5. The summed E-state index contributed by atoms with van der Waals surface area (Å²) in [5, 5.41) is 4.88. The second kappa shape index (κ2) is 15.6. The molecule has 0 radical (unpaired) electrons. The van der Waals surface area contributed by atoms with Gasteiger partial charge in [-0.25, -0.2) is 0 Å². The van der Waals surface area contributed by atoms with Crippen molar-refractivity contribution in [3.63, 3.8) is 0 Å². The van der Waals surface area contributed by atoms with Crippen LogP contribution < -0.4 is 4.90 Å². The highest BCUT2D eigenvalue weighted by atomic mass is 15.1. The zero-order chi connectivity index (χ0) is 42.5. The molecule has 0 fully saturated rings. The van der Waals surface area contributed by atoms with E-state index in [0.717, 1.165) is 17.1 Å². The SMILES string of the molecule is c1ccc(-c2ccc(-c3ccc(N(c4ccc5c(c4)C(c4ccccc4)(c4ccccc4)c4ccccc4-5)c4cc5ccccc5c5ccccc45)cc3-c3ccccc3)cc2)cc1. The lowest BCUT2D eigenvalue weighted by molar-refractivity contribution is 0.768. The predicted octanol–water partition coefficient (Wildman–Crippen LogP) is 16.8. The number of fused-ring (bicyclic) bond motifs is 6. The molecule has 12 rings (SSSR count). The maximum absolute atomic E-state index is 2.51. The molecule has 0 atom stereocenters. The summed E-state index contributed by atoms with van der Waals surface area (Å²) >= 11 is 0. The molecule has 1 aliphatic rings. The molecule has 0 spiro atoms. The zero-order valence-corrected chi connectivity index (χ0v) is 35.3. The molecule has 64 heavy (non-hydrogen) atoms. The van der Waals surface area contributed by atoms with E-state index >= 15 is 0 Å². The van der Waals surface area contributed by atoms with Crippen molar-refractivity contribution < 1.29 is 0 Å². The molecule has 0 unspecified atom stereocenters. The zero-order valence-electron chi connectivity index (χ0n) is 35.3. The Bertz CT molecular complexity index is 3430. The first-order valence-electron chi connectivity index (χ1n) is 22.2. The van der Waals surface area contributed by atoms with E-state index in [1.165, 1.54) is 88.3 Å². The molecular weight excluding hydrogens is 771 g/mol. The first-order valence-corrected chi connectivity index (χ1v) is 22.2. The molecule has 0 heterocycles. The molecule has 0 N–H and O–H groups in total. The molecule has 0 saturated heterocycles. The van der Waals surface area contributed by atoms with Crippen LogP contribution in [-0.4, -0.2) is 0 Å². The van der Waals surface area contributed by atoms with Crippen LogP contribution in [0, 0.1) is 0 Å². The topological polar surface area (TPSA) is 3.24 Å². The molecule has 11 aromatic rings. The first-order chi connectivity index (χ1) is 31.8. The minimum absolute atomic E-state index is 0.535. The third-order valence-electron chi connectivity index (χ3n) is 13.3. The molecule has 0 amide bonds. The molecule has 1 nitrogen and oxygen atoms in total. The van der Waals surface area contributed by atoms with E-state index in [9.17, 15) is 0 Å². The van der Waals surface area contributed by atoms with Crippen LogP contribution in [0.1, 0.15) is 22.3 Å². The van der Waals surface area contributed by atoms with E-state index in [2.05, 4.69) is 266 Å². The van der Waals surface area contributed by atoms with Crippen LogP contribution in [0.3, 0.4) is 0 Å². The second-order valence-electron chi connectivity index (χ2n) is 16.8. The van der Waals surface area contributed by atoms with Crippen molar-refractivity contribution in [2.24, 2.45) is 0 Å². The largest absolute Gasteiger partial charge is 0.310 e. The molecule has 0 bridgehead atoms. The molecular formula is C63H43N. The summed E-state index contributed by atoms with van der Waals surface area (Å²) in [4.78, 5) is 2.51. The fourth-order valence-electron chi connectivity index (χ4n) is 10.5. The van der Waals surface area contributed by atoms with Crippen LogP contribution in [-0.2, 0) is 5.41 Å². The third kappa shape index (κ3) is 6.08. The van der Waals surface area contributed by atoms with E-state index in [0.29, 0.717) is 0 Å². The van der Waals surface area contributed by atoms with Crippen molar-refractivity contribution >= 4 is 38.6 Å². The molecule has 300 valence electrons. The Morgan fingerprint density at radius 3 is 1.42 bits per heavy atom. The summed E-state index contributed by atoms with van der Waals surface area (Å²) in [7, 11) is 0. The van der Waals surface area contributed by atoms with E-state index < -0.39 is 5.41 Å². The highest BCUT2D eigenvalue weighted by Gasteiger charge is 2.46. The normalized spacial score (nSPS) is 12.5. The van der Waals surface area contributed by atoms with Gasteiger partial charge in [0.2, 0.25) is 0 Å². The second-order valence-corrected chi connectivity index (χ2v) is 16.8. The van der Waals surface area contributed by atoms with Crippen LogP contribution in [0.5, 0.6) is 0 Å². The monoisotopic (exact) mass is 813 g/mol. The number of hydrogen-bond acceptors (Lipinski definition) is 1.